The van der Waals surface area contributed by atoms with E-state index in [-0.39, 0.29) is 5.91 Å². The smallest absolute Gasteiger partial charge is 0.224 e. The molecule has 1 fully saturated rings. The Bertz CT molecular complexity index is 503. The molecular formula is C15H19BrN2OS. The van der Waals surface area contributed by atoms with Gasteiger partial charge < -0.3 is 10.2 Å². The van der Waals surface area contributed by atoms with Crippen molar-refractivity contribution in [1.29, 1.82) is 0 Å². The molecule has 1 amide bonds. The molecule has 1 unspecified atom stereocenters. The number of thioether (sulfide) groups is 1. The van der Waals surface area contributed by atoms with Crippen LogP contribution in [-0.4, -0.2) is 41.4 Å². The molecule has 1 aromatic rings. The van der Waals surface area contributed by atoms with Crippen LogP contribution in [0.3, 0.4) is 0 Å². The first kappa shape index (κ1) is 14.4. The summed E-state index contributed by atoms with van der Waals surface area (Å²) in [5, 5.41) is 3.44. The average molecular weight is 355 g/mol. The molecule has 2 aliphatic rings. The highest BCUT2D eigenvalue weighted by atomic mass is 79.9. The number of nitrogens with one attached hydrogen (secondary N) is 1. The van der Waals surface area contributed by atoms with E-state index in [1.165, 1.54) is 15.6 Å². The average Bonchev–Trinajstić information content (AvgIpc) is 2.48. The fourth-order valence-electron chi connectivity index (χ4n) is 2.87. The number of amides is 1. The summed E-state index contributed by atoms with van der Waals surface area (Å²) < 4.78 is 1.17. The third-order valence-electron chi connectivity index (χ3n) is 3.98. The van der Waals surface area contributed by atoms with E-state index >= 15 is 0 Å². The molecule has 0 spiro atoms. The quantitative estimate of drug-likeness (QED) is 0.885. The maximum absolute atomic E-state index is 12.4. The molecule has 1 aromatic carbocycles. The SMILES string of the molecule is O=C(CC1CSCCN1)N1CCc2c(Br)cccc2C1. The summed E-state index contributed by atoms with van der Waals surface area (Å²) in [5.41, 5.74) is 2.65. The van der Waals surface area contributed by atoms with Gasteiger partial charge in [-0.15, -0.1) is 0 Å². The molecule has 5 heteroatoms. The highest BCUT2D eigenvalue weighted by molar-refractivity contribution is 9.10. The lowest BCUT2D eigenvalue weighted by Crippen LogP contribution is -2.43. The Hall–Kier alpha value is -0.520. The van der Waals surface area contributed by atoms with E-state index in [1.54, 1.807) is 0 Å². The van der Waals surface area contributed by atoms with Crippen molar-refractivity contribution < 1.29 is 4.79 Å². The maximum atomic E-state index is 12.4. The number of benzene rings is 1. The van der Waals surface area contributed by atoms with Crippen LogP contribution in [0.25, 0.3) is 0 Å². The molecule has 2 heterocycles. The maximum Gasteiger partial charge on any atom is 0.224 e. The van der Waals surface area contributed by atoms with Gasteiger partial charge in [-0.3, -0.25) is 4.79 Å². The van der Waals surface area contributed by atoms with E-state index in [0.29, 0.717) is 12.5 Å². The number of nitrogens with zero attached hydrogens (tertiary/aromatic N) is 1. The Kier molecular flexibility index (Phi) is 4.68. The molecule has 108 valence electrons. The number of hydrogen-bond donors (Lipinski definition) is 1. The molecule has 0 saturated carbocycles. The third-order valence-corrected chi connectivity index (χ3v) is 5.85. The lowest BCUT2D eigenvalue weighted by atomic mass is 9.99. The number of hydrogen-bond acceptors (Lipinski definition) is 3. The summed E-state index contributed by atoms with van der Waals surface area (Å²) in [5.74, 6) is 2.51. The zero-order chi connectivity index (χ0) is 13.9. The van der Waals surface area contributed by atoms with Crippen molar-refractivity contribution >= 4 is 33.6 Å². The second kappa shape index (κ2) is 6.50. The predicted octanol–water partition coefficient (Wildman–Crippen LogP) is 2.43. The Morgan fingerprint density at radius 3 is 3.20 bits per heavy atom. The van der Waals surface area contributed by atoms with Gasteiger partial charge in [0.2, 0.25) is 5.91 Å². The van der Waals surface area contributed by atoms with E-state index in [4.69, 9.17) is 0 Å². The summed E-state index contributed by atoms with van der Waals surface area (Å²) in [6, 6.07) is 6.62. The third kappa shape index (κ3) is 3.21. The Balaban J connectivity index is 1.63. The van der Waals surface area contributed by atoms with Gasteiger partial charge in [0.1, 0.15) is 0 Å². The fourth-order valence-corrected chi connectivity index (χ4v) is 4.42. The lowest BCUT2D eigenvalue weighted by Gasteiger charge is -2.31. The van der Waals surface area contributed by atoms with E-state index in [0.717, 1.165) is 37.6 Å². The van der Waals surface area contributed by atoms with E-state index in [9.17, 15) is 4.79 Å². The molecule has 0 aliphatic carbocycles. The predicted molar refractivity (Wildman–Crippen MR) is 87.0 cm³/mol. The fraction of sp³-hybridized carbons (Fsp3) is 0.533. The largest absolute Gasteiger partial charge is 0.338 e. The van der Waals surface area contributed by atoms with Crippen molar-refractivity contribution in [3.05, 3.63) is 33.8 Å². The lowest BCUT2D eigenvalue weighted by molar-refractivity contribution is -0.132. The molecule has 20 heavy (non-hydrogen) atoms. The van der Waals surface area contributed by atoms with E-state index in [2.05, 4.69) is 39.4 Å². The Morgan fingerprint density at radius 1 is 1.50 bits per heavy atom. The Labute approximate surface area is 132 Å². The number of carbonyl (C=O) groups is 1. The highest BCUT2D eigenvalue weighted by Gasteiger charge is 2.24. The molecule has 1 N–H and O–H groups in total. The van der Waals surface area contributed by atoms with Crippen LogP contribution < -0.4 is 5.32 Å². The minimum atomic E-state index is 0.288. The van der Waals surface area contributed by atoms with Gasteiger partial charge in [0.15, 0.2) is 0 Å². The van der Waals surface area contributed by atoms with Crippen LogP contribution >= 0.6 is 27.7 Å². The molecule has 2 aliphatic heterocycles. The minimum Gasteiger partial charge on any atom is -0.338 e. The number of fused-ring (bicyclic) bond motifs is 1. The number of rotatable bonds is 2. The van der Waals surface area contributed by atoms with Crippen molar-refractivity contribution in [2.45, 2.75) is 25.4 Å². The molecule has 1 atom stereocenters. The molecule has 0 radical (unpaired) electrons. The highest BCUT2D eigenvalue weighted by Crippen LogP contribution is 2.26. The van der Waals surface area contributed by atoms with Crippen LogP contribution in [0.4, 0.5) is 0 Å². The molecule has 3 nitrogen and oxygen atoms in total. The van der Waals surface area contributed by atoms with Crippen LogP contribution in [-0.2, 0) is 17.8 Å². The van der Waals surface area contributed by atoms with Crippen LogP contribution in [0.1, 0.15) is 17.5 Å². The van der Waals surface area contributed by atoms with Crippen LogP contribution in [0.15, 0.2) is 22.7 Å². The standard InChI is InChI=1S/C15H19BrN2OS/c16-14-3-1-2-11-9-18(6-4-13(11)14)15(19)8-12-10-20-7-5-17-12/h1-3,12,17H,4-10H2. The van der Waals surface area contributed by atoms with Crippen molar-refractivity contribution in [1.82, 2.24) is 10.2 Å². The number of carbonyl (C=O) groups excluding carboxylic acids is 1. The van der Waals surface area contributed by atoms with Crippen LogP contribution in [0, 0.1) is 0 Å². The van der Waals surface area contributed by atoms with Gasteiger partial charge >= 0.3 is 0 Å². The molecule has 1 saturated heterocycles. The minimum absolute atomic E-state index is 0.288. The second-order valence-corrected chi connectivity index (χ2v) is 7.38. The summed E-state index contributed by atoms with van der Waals surface area (Å²) in [4.78, 5) is 14.4. The number of halogens is 1. The summed E-state index contributed by atoms with van der Waals surface area (Å²) in [7, 11) is 0. The molecule has 0 bridgehead atoms. The van der Waals surface area contributed by atoms with Crippen molar-refractivity contribution in [3.63, 3.8) is 0 Å². The van der Waals surface area contributed by atoms with Crippen molar-refractivity contribution in [3.8, 4) is 0 Å². The van der Waals surface area contributed by atoms with Gasteiger partial charge in [-0.2, -0.15) is 11.8 Å². The van der Waals surface area contributed by atoms with Gasteiger partial charge in [0.05, 0.1) is 0 Å². The monoisotopic (exact) mass is 354 g/mol. The van der Waals surface area contributed by atoms with Gasteiger partial charge in [0, 0.05) is 48.1 Å². The Morgan fingerprint density at radius 2 is 2.40 bits per heavy atom. The second-order valence-electron chi connectivity index (χ2n) is 5.37. The van der Waals surface area contributed by atoms with Gasteiger partial charge in [0.25, 0.3) is 0 Å². The first-order chi connectivity index (χ1) is 9.74. The molecule has 0 aromatic heterocycles. The van der Waals surface area contributed by atoms with Gasteiger partial charge in [-0.1, -0.05) is 28.1 Å². The van der Waals surface area contributed by atoms with Gasteiger partial charge in [-0.25, -0.2) is 0 Å². The van der Waals surface area contributed by atoms with E-state index in [1.807, 2.05) is 16.7 Å². The van der Waals surface area contributed by atoms with Crippen LogP contribution in [0.2, 0.25) is 0 Å². The van der Waals surface area contributed by atoms with Crippen molar-refractivity contribution in [2.75, 3.05) is 24.6 Å². The molecular weight excluding hydrogens is 336 g/mol. The zero-order valence-electron chi connectivity index (χ0n) is 11.4. The zero-order valence-corrected chi connectivity index (χ0v) is 13.8. The van der Waals surface area contributed by atoms with Crippen molar-refractivity contribution in [2.24, 2.45) is 0 Å². The van der Waals surface area contributed by atoms with E-state index < -0.39 is 0 Å². The first-order valence-electron chi connectivity index (χ1n) is 7.09. The first-order valence-corrected chi connectivity index (χ1v) is 9.04. The summed E-state index contributed by atoms with van der Waals surface area (Å²) in [6.07, 6.45) is 1.59. The normalized spacial score (nSPS) is 22.4. The van der Waals surface area contributed by atoms with Crippen LogP contribution in [0.5, 0.6) is 0 Å². The summed E-state index contributed by atoms with van der Waals surface area (Å²) >= 11 is 5.55. The molecule has 3 rings (SSSR count). The summed E-state index contributed by atoms with van der Waals surface area (Å²) in [6.45, 7) is 2.63. The van der Waals surface area contributed by atoms with Gasteiger partial charge in [-0.05, 0) is 23.6 Å². The topological polar surface area (TPSA) is 32.3 Å².